The van der Waals surface area contributed by atoms with Crippen LogP contribution in [0.3, 0.4) is 0 Å². The van der Waals surface area contributed by atoms with E-state index in [0.717, 1.165) is 29.9 Å². The van der Waals surface area contributed by atoms with Crippen molar-refractivity contribution in [3.8, 4) is 0 Å². The molecule has 3 heteroatoms. The Morgan fingerprint density at radius 3 is 2.65 bits per heavy atom. The first-order chi connectivity index (χ1) is 8.16. The normalized spacial score (nSPS) is 17.1. The average molecular weight is 235 g/mol. The van der Waals surface area contributed by atoms with Gasteiger partial charge >= 0.3 is 0 Å². The maximum absolute atomic E-state index is 11.9. The van der Waals surface area contributed by atoms with Crippen LogP contribution in [0.4, 0.5) is 0 Å². The van der Waals surface area contributed by atoms with Gasteiger partial charge in [0.25, 0.3) is 0 Å². The Kier molecular flexibility index (Phi) is 3.87. The van der Waals surface area contributed by atoms with Gasteiger partial charge in [-0.25, -0.2) is 0 Å². The number of nitrogens with one attached hydrogen (secondary N) is 1. The van der Waals surface area contributed by atoms with Gasteiger partial charge < -0.3 is 9.73 Å². The molecule has 1 heterocycles. The van der Waals surface area contributed by atoms with Crippen molar-refractivity contribution in [3.63, 3.8) is 0 Å². The van der Waals surface area contributed by atoms with Gasteiger partial charge in [-0.3, -0.25) is 4.79 Å². The summed E-state index contributed by atoms with van der Waals surface area (Å²) in [6.45, 7) is 4.47. The third-order valence-corrected chi connectivity index (χ3v) is 3.57. The van der Waals surface area contributed by atoms with E-state index in [9.17, 15) is 4.79 Å². The van der Waals surface area contributed by atoms with Crippen LogP contribution in [-0.2, 0) is 11.3 Å². The van der Waals surface area contributed by atoms with E-state index in [1.165, 1.54) is 19.3 Å². The number of rotatable bonds is 3. The largest absolute Gasteiger partial charge is 0.466 e. The highest BCUT2D eigenvalue weighted by Crippen LogP contribution is 2.23. The van der Waals surface area contributed by atoms with Gasteiger partial charge in [0.15, 0.2) is 0 Å². The molecule has 1 N–H and O–H groups in total. The molecule has 0 unspecified atom stereocenters. The standard InChI is InChI=1S/C14H21NO2/c1-10-8-13(11(2)17-10)9-15-14(16)12-6-4-3-5-7-12/h8,12H,3-7,9H2,1-2H3,(H,15,16). The summed E-state index contributed by atoms with van der Waals surface area (Å²) in [6, 6.07) is 2.00. The van der Waals surface area contributed by atoms with E-state index in [4.69, 9.17) is 4.42 Å². The number of amides is 1. The van der Waals surface area contributed by atoms with Crippen LogP contribution in [0.5, 0.6) is 0 Å². The van der Waals surface area contributed by atoms with E-state index in [0.29, 0.717) is 6.54 Å². The average Bonchev–Trinajstić information content (AvgIpc) is 2.66. The van der Waals surface area contributed by atoms with Crippen molar-refractivity contribution in [1.29, 1.82) is 0 Å². The van der Waals surface area contributed by atoms with E-state index in [2.05, 4.69) is 5.32 Å². The van der Waals surface area contributed by atoms with Gasteiger partial charge in [-0.1, -0.05) is 19.3 Å². The third-order valence-electron chi connectivity index (χ3n) is 3.57. The maximum atomic E-state index is 11.9. The lowest BCUT2D eigenvalue weighted by Crippen LogP contribution is -2.31. The molecular weight excluding hydrogens is 214 g/mol. The minimum Gasteiger partial charge on any atom is -0.466 e. The zero-order valence-electron chi connectivity index (χ0n) is 10.7. The minimum absolute atomic E-state index is 0.211. The van der Waals surface area contributed by atoms with Crippen molar-refractivity contribution in [2.24, 2.45) is 5.92 Å². The molecule has 1 saturated carbocycles. The predicted molar refractivity (Wildman–Crippen MR) is 66.6 cm³/mol. The zero-order valence-corrected chi connectivity index (χ0v) is 10.7. The number of aryl methyl sites for hydroxylation is 2. The van der Waals surface area contributed by atoms with E-state index in [1.807, 2.05) is 19.9 Å². The molecule has 94 valence electrons. The summed E-state index contributed by atoms with van der Waals surface area (Å²) in [6.07, 6.45) is 5.78. The van der Waals surface area contributed by atoms with Gasteiger partial charge in [-0.15, -0.1) is 0 Å². The quantitative estimate of drug-likeness (QED) is 0.874. The number of hydrogen-bond acceptors (Lipinski definition) is 2. The fraction of sp³-hybridized carbons (Fsp3) is 0.643. The molecule has 1 aliphatic carbocycles. The third kappa shape index (κ3) is 3.11. The lowest BCUT2D eigenvalue weighted by atomic mass is 9.88. The summed E-state index contributed by atoms with van der Waals surface area (Å²) in [4.78, 5) is 11.9. The Bertz CT molecular complexity index is 389. The second kappa shape index (κ2) is 5.39. The summed E-state index contributed by atoms with van der Waals surface area (Å²) in [7, 11) is 0. The lowest BCUT2D eigenvalue weighted by molar-refractivity contribution is -0.126. The molecule has 17 heavy (non-hydrogen) atoms. The zero-order chi connectivity index (χ0) is 12.3. The van der Waals surface area contributed by atoms with Crippen molar-refractivity contribution in [2.75, 3.05) is 0 Å². The van der Waals surface area contributed by atoms with Gasteiger partial charge in [0.2, 0.25) is 5.91 Å². The van der Waals surface area contributed by atoms with Gasteiger partial charge in [0.1, 0.15) is 11.5 Å². The van der Waals surface area contributed by atoms with Crippen LogP contribution in [0, 0.1) is 19.8 Å². The fourth-order valence-electron chi connectivity index (χ4n) is 2.55. The van der Waals surface area contributed by atoms with E-state index in [-0.39, 0.29) is 11.8 Å². The predicted octanol–water partition coefficient (Wildman–Crippen LogP) is 3.09. The summed E-state index contributed by atoms with van der Waals surface area (Å²) < 4.78 is 5.44. The van der Waals surface area contributed by atoms with Crippen LogP contribution in [0.2, 0.25) is 0 Å². The summed E-state index contributed by atoms with van der Waals surface area (Å²) >= 11 is 0. The second-order valence-corrected chi connectivity index (χ2v) is 4.99. The van der Waals surface area contributed by atoms with E-state index >= 15 is 0 Å². The number of carbonyl (C=O) groups excluding carboxylic acids is 1. The molecular formula is C14H21NO2. The molecule has 0 aromatic carbocycles. The lowest BCUT2D eigenvalue weighted by Gasteiger charge is -2.20. The van der Waals surface area contributed by atoms with Crippen LogP contribution in [0.1, 0.15) is 49.2 Å². The molecule has 3 nitrogen and oxygen atoms in total. The van der Waals surface area contributed by atoms with E-state index < -0.39 is 0 Å². The SMILES string of the molecule is Cc1cc(CNC(=O)C2CCCCC2)c(C)o1. The maximum Gasteiger partial charge on any atom is 0.223 e. The summed E-state index contributed by atoms with van der Waals surface area (Å²) in [5.41, 5.74) is 1.09. The number of hydrogen-bond donors (Lipinski definition) is 1. The van der Waals surface area contributed by atoms with Crippen molar-refractivity contribution < 1.29 is 9.21 Å². The molecule has 0 atom stereocenters. The van der Waals surface area contributed by atoms with Gasteiger partial charge in [-0.05, 0) is 32.8 Å². The van der Waals surface area contributed by atoms with Crippen LogP contribution < -0.4 is 5.32 Å². The Balaban J connectivity index is 1.85. The first kappa shape index (κ1) is 12.2. The molecule has 0 bridgehead atoms. The van der Waals surface area contributed by atoms with Crippen molar-refractivity contribution >= 4 is 5.91 Å². The van der Waals surface area contributed by atoms with Crippen molar-refractivity contribution in [2.45, 2.75) is 52.5 Å². The Morgan fingerprint density at radius 2 is 2.06 bits per heavy atom. The van der Waals surface area contributed by atoms with Crippen LogP contribution in [-0.4, -0.2) is 5.91 Å². The number of furan rings is 1. The van der Waals surface area contributed by atoms with Crippen LogP contribution in [0.15, 0.2) is 10.5 Å². The minimum atomic E-state index is 0.211. The second-order valence-electron chi connectivity index (χ2n) is 4.99. The Morgan fingerprint density at radius 1 is 1.35 bits per heavy atom. The molecule has 0 radical (unpaired) electrons. The highest BCUT2D eigenvalue weighted by molar-refractivity contribution is 5.78. The van der Waals surface area contributed by atoms with Crippen molar-refractivity contribution in [3.05, 3.63) is 23.2 Å². The fourth-order valence-corrected chi connectivity index (χ4v) is 2.55. The Hall–Kier alpha value is -1.25. The molecule has 0 saturated heterocycles. The smallest absolute Gasteiger partial charge is 0.223 e. The van der Waals surface area contributed by atoms with E-state index in [1.54, 1.807) is 0 Å². The summed E-state index contributed by atoms with van der Waals surface area (Å²) in [5, 5.41) is 3.02. The van der Waals surface area contributed by atoms with Gasteiger partial charge in [0.05, 0.1) is 0 Å². The first-order valence-corrected chi connectivity index (χ1v) is 6.50. The van der Waals surface area contributed by atoms with Gasteiger partial charge in [0, 0.05) is 18.0 Å². The highest BCUT2D eigenvalue weighted by Gasteiger charge is 2.20. The molecule has 0 aliphatic heterocycles. The monoisotopic (exact) mass is 235 g/mol. The van der Waals surface area contributed by atoms with Gasteiger partial charge in [-0.2, -0.15) is 0 Å². The molecule has 1 aromatic rings. The topological polar surface area (TPSA) is 42.2 Å². The molecule has 1 aromatic heterocycles. The van der Waals surface area contributed by atoms with Crippen LogP contribution in [0.25, 0.3) is 0 Å². The first-order valence-electron chi connectivity index (χ1n) is 6.50. The number of carbonyl (C=O) groups is 1. The molecule has 1 amide bonds. The summed E-state index contributed by atoms with van der Waals surface area (Å²) in [5.74, 6) is 2.26. The van der Waals surface area contributed by atoms with Crippen LogP contribution >= 0.6 is 0 Å². The Labute approximate surface area is 103 Å². The highest BCUT2D eigenvalue weighted by atomic mass is 16.3. The van der Waals surface area contributed by atoms with Crippen molar-refractivity contribution in [1.82, 2.24) is 5.32 Å². The molecule has 1 fully saturated rings. The molecule has 1 aliphatic rings. The molecule has 2 rings (SSSR count). The molecule has 0 spiro atoms.